The second-order valence-electron chi connectivity index (χ2n) is 10.6. The van der Waals surface area contributed by atoms with Crippen molar-refractivity contribution in [1.29, 1.82) is 0 Å². The van der Waals surface area contributed by atoms with E-state index in [2.05, 4.69) is 24.3 Å². The number of fused-ring (bicyclic) bond motifs is 2. The third-order valence-corrected chi connectivity index (χ3v) is 13.6. The molecule has 48 heavy (non-hydrogen) atoms. The molecule has 0 N–H and O–H groups in total. The van der Waals surface area contributed by atoms with Crippen LogP contribution in [0, 0.1) is 0 Å². The Hall–Kier alpha value is -2.89. The van der Waals surface area contributed by atoms with Crippen molar-refractivity contribution in [3.63, 3.8) is 0 Å². The van der Waals surface area contributed by atoms with E-state index in [1.807, 2.05) is 77.9 Å². The van der Waals surface area contributed by atoms with E-state index in [1.165, 1.54) is 0 Å². The van der Waals surface area contributed by atoms with Crippen molar-refractivity contribution >= 4 is 49.5 Å². The molecule has 0 unspecified atom stereocenters. The molecule has 0 heterocycles. The van der Waals surface area contributed by atoms with Gasteiger partial charge in [-0.25, -0.2) is 0 Å². The molecule has 0 atom stereocenters. The maximum atomic E-state index is 6.24. The topological polar surface area (TPSA) is 92.3 Å². The van der Waals surface area contributed by atoms with Gasteiger partial charge in [0, 0.05) is 75.4 Å². The molecule has 0 saturated heterocycles. The number of ether oxygens (including phenoxy) is 4. The predicted octanol–water partition coefficient (Wildman–Crippen LogP) is 6.14. The quantitative estimate of drug-likeness (QED) is 0.0747. The molecule has 0 fully saturated rings. The van der Waals surface area contributed by atoms with Gasteiger partial charge in [-0.1, -0.05) is 36.4 Å². The molecule has 0 spiro atoms. The number of rotatable bonds is 21. The van der Waals surface area contributed by atoms with E-state index in [9.17, 15) is 0 Å². The minimum atomic E-state index is -3.16. The van der Waals surface area contributed by atoms with Gasteiger partial charge >= 0.3 is 17.6 Å². The van der Waals surface area contributed by atoms with Crippen molar-refractivity contribution in [2.75, 3.05) is 67.4 Å². The molecule has 12 heteroatoms. The fourth-order valence-corrected chi connectivity index (χ4v) is 10.9. The van der Waals surface area contributed by atoms with Crippen LogP contribution >= 0.6 is 0 Å². The highest BCUT2D eigenvalue weighted by Crippen LogP contribution is 2.45. The molecule has 0 aliphatic heterocycles. The Balaban J connectivity index is 2.04. The van der Waals surface area contributed by atoms with Crippen molar-refractivity contribution in [3.05, 3.63) is 60.7 Å². The van der Waals surface area contributed by atoms with Gasteiger partial charge in [0.25, 0.3) is 0 Å². The lowest BCUT2D eigenvalue weighted by atomic mass is 9.92. The lowest BCUT2D eigenvalue weighted by Gasteiger charge is -2.29. The van der Waals surface area contributed by atoms with E-state index in [0.717, 1.165) is 43.0 Å². The Bertz CT molecular complexity index is 1460. The minimum Gasteiger partial charge on any atom is -0.467 e. The van der Waals surface area contributed by atoms with Crippen LogP contribution in [0.4, 0.5) is 0 Å². The Morgan fingerprint density at radius 1 is 0.438 bits per heavy atom. The van der Waals surface area contributed by atoms with Gasteiger partial charge in [-0.05, 0) is 87.4 Å². The molecule has 0 aromatic heterocycles. The number of hydrogen-bond acceptors (Lipinski definition) is 10. The maximum Gasteiger partial charge on any atom is 0.537 e. The van der Waals surface area contributed by atoms with Gasteiger partial charge in [0.2, 0.25) is 0 Å². The largest absolute Gasteiger partial charge is 0.537 e. The average Bonchev–Trinajstić information content (AvgIpc) is 3.09. The molecule has 4 aromatic carbocycles. The standard InChI is InChI=1S/C36H50O10Si2/c1-9-41-47(42-10-2,43-11-3)29-17-19-31-27(23-29)15-21-33(39-25-37-7)35(31)36-32-20-18-30(48(44-12-4,45-13-5)46-14-6)24-28(32)16-22-34(36)40-26-38-8/h15-24H,9-14,25-26H2,1-8H3. The zero-order valence-electron chi connectivity index (χ0n) is 29.5. The first-order valence-corrected chi connectivity index (χ1v) is 20.1. The Kier molecular flexibility index (Phi) is 14.4. The maximum absolute atomic E-state index is 6.24. The van der Waals surface area contributed by atoms with Crippen LogP contribution in [0.15, 0.2) is 60.7 Å². The summed E-state index contributed by atoms with van der Waals surface area (Å²) in [6.45, 7) is 14.7. The SMILES string of the molecule is CCO[Si](OCC)(OCC)c1ccc2c(-c3c(OCOC)ccc4cc([Si](OCC)(OCC)OCC)ccc34)c(OCOC)ccc2c1. The second kappa shape index (κ2) is 18.2. The highest BCUT2D eigenvalue weighted by molar-refractivity contribution is 6.76. The molecule has 4 aromatic rings. The second-order valence-corrected chi connectivity index (χ2v) is 15.7. The Morgan fingerprint density at radius 3 is 1.06 bits per heavy atom. The van der Waals surface area contributed by atoms with Crippen molar-refractivity contribution in [2.24, 2.45) is 0 Å². The summed E-state index contributed by atoms with van der Waals surface area (Å²) >= 11 is 0. The summed E-state index contributed by atoms with van der Waals surface area (Å²) in [6, 6.07) is 20.4. The van der Waals surface area contributed by atoms with Crippen molar-refractivity contribution < 1.29 is 45.5 Å². The van der Waals surface area contributed by atoms with Crippen molar-refractivity contribution in [3.8, 4) is 22.6 Å². The van der Waals surface area contributed by atoms with Crippen LogP contribution in [0.1, 0.15) is 41.5 Å². The normalized spacial score (nSPS) is 12.2. The van der Waals surface area contributed by atoms with Crippen LogP contribution in [-0.2, 0) is 36.0 Å². The van der Waals surface area contributed by atoms with Crippen molar-refractivity contribution in [2.45, 2.75) is 41.5 Å². The van der Waals surface area contributed by atoms with Crippen LogP contribution in [0.3, 0.4) is 0 Å². The molecule has 10 nitrogen and oxygen atoms in total. The molecule has 0 aliphatic carbocycles. The van der Waals surface area contributed by atoms with E-state index in [0.29, 0.717) is 51.1 Å². The van der Waals surface area contributed by atoms with Gasteiger partial charge in [-0.15, -0.1) is 0 Å². The molecule has 262 valence electrons. The summed E-state index contributed by atoms with van der Waals surface area (Å²) in [4.78, 5) is 0. The van der Waals surface area contributed by atoms with Crippen LogP contribution in [0.25, 0.3) is 32.7 Å². The lowest BCUT2D eigenvalue weighted by molar-refractivity contribution is 0.0502. The summed E-state index contributed by atoms with van der Waals surface area (Å²) < 4.78 is 60.6. The van der Waals surface area contributed by atoms with E-state index in [-0.39, 0.29) is 13.6 Å². The molecule has 0 radical (unpaired) electrons. The lowest BCUT2D eigenvalue weighted by Crippen LogP contribution is -2.56. The zero-order valence-corrected chi connectivity index (χ0v) is 31.5. The van der Waals surface area contributed by atoms with Gasteiger partial charge in [0.05, 0.1) is 0 Å². The fraction of sp³-hybridized carbons (Fsp3) is 0.444. The monoisotopic (exact) mass is 698 g/mol. The first-order chi connectivity index (χ1) is 23.4. The van der Waals surface area contributed by atoms with Crippen LogP contribution in [0.2, 0.25) is 0 Å². The summed E-state index contributed by atoms with van der Waals surface area (Å²) in [5, 5.41) is 5.59. The first kappa shape index (κ1) is 37.9. The summed E-state index contributed by atoms with van der Waals surface area (Å²) in [6.07, 6.45) is 0. The molecule has 0 bridgehead atoms. The van der Waals surface area contributed by atoms with Crippen molar-refractivity contribution in [1.82, 2.24) is 0 Å². The van der Waals surface area contributed by atoms with Gasteiger partial charge < -0.3 is 45.5 Å². The summed E-state index contributed by atoms with van der Waals surface area (Å²) in [7, 11) is -3.12. The third-order valence-electron chi connectivity index (χ3n) is 7.59. The first-order valence-electron chi connectivity index (χ1n) is 16.6. The van der Waals surface area contributed by atoms with Gasteiger partial charge in [0.1, 0.15) is 11.5 Å². The van der Waals surface area contributed by atoms with Crippen LogP contribution in [0.5, 0.6) is 11.5 Å². The molecule has 0 saturated carbocycles. The van der Waals surface area contributed by atoms with Gasteiger partial charge in [0.15, 0.2) is 13.6 Å². The van der Waals surface area contributed by atoms with E-state index in [4.69, 9.17) is 45.5 Å². The van der Waals surface area contributed by atoms with Crippen LogP contribution in [-0.4, -0.2) is 85.1 Å². The van der Waals surface area contributed by atoms with E-state index < -0.39 is 17.6 Å². The van der Waals surface area contributed by atoms with E-state index in [1.54, 1.807) is 14.2 Å². The summed E-state index contributed by atoms with van der Waals surface area (Å²) in [5.41, 5.74) is 1.69. The fourth-order valence-electron chi connectivity index (χ4n) is 5.89. The molecule has 0 aliphatic rings. The van der Waals surface area contributed by atoms with Crippen LogP contribution < -0.4 is 19.8 Å². The molecule has 0 amide bonds. The van der Waals surface area contributed by atoms with E-state index >= 15 is 0 Å². The molecule has 4 rings (SSSR count). The predicted molar refractivity (Wildman–Crippen MR) is 192 cm³/mol. The number of benzene rings is 4. The summed E-state index contributed by atoms with van der Waals surface area (Å²) in [5.74, 6) is 1.28. The molecular formula is C36H50O10Si2. The third kappa shape index (κ3) is 8.11. The number of methoxy groups -OCH3 is 2. The zero-order chi connectivity index (χ0) is 34.6. The van der Waals surface area contributed by atoms with Gasteiger partial charge in [-0.2, -0.15) is 0 Å². The average molecular weight is 699 g/mol. The smallest absolute Gasteiger partial charge is 0.467 e. The number of hydrogen-bond donors (Lipinski definition) is 0. The Labute approximate surface area is 286 Å². The van der Waals surface area contributed by atoms with Gasteiger partial charge in [-0.3, -0.25) is 0 Å². The minimum absolute atomic E-state index is 0.0694. The highest BCUT2D eigenvalue weighted by Gasteiger charge is 2.44. The molecular weight excluding hydrogens is 649 g/mol. The highest BCUT2D eigenvalue weighted by atomic mass is 28.4. The Morgan fingerprint density at radius 2 is 0.771 bits per heavy atom.